The lowest BCUT2D eigenvalue weighted by atomic mass is 10.00. The molecule has 1 fully saturated rings. The van der Waals surface area contributed by atoms with Crippen LogP contribution in [-0.4, -0.2) is 89.5 Å². The molecule has 0 bridgehead atoms. The molecule has 1 aromatic rings. The van der Waals surface area contributed by atoms with E-state index in [0.717, 1.165) is 0 Å². The Morgan fingerprint density at radius 1 is 1.00 bits per heavy atom. The lowest BCUT2D eigenvalue weighted by molar-refractivity contribution is -0.139. The van der Waals surface area contributed by atoms with E-state index in [2.05, 4.69) is 31.7 Å². The summed E-state index contributed by atoms with van der Waals surface area (Å²) in [4.78, 5) is 80.5. The fourth-order valence-corrected chi connectivity index (χ4v) is 3.89. The van der Waals surface area contributed by atoms with E-state index in [9.17, 15) is 33.9 Å². The molecule has 6 amide bonds. The lowest BCUT2D eigenvalue weighted by Crippen LogP contribution is -2.60. The molecule has 16 nitrogen and oxygen atoms in total. The van der Waals surface area contributed by atoms with Gasteiger partial charge in [-0.25, -0.2) is 9.80 Å². The van der Waals surface area contributed by atoms with Crippen molar-refractivity contribution >= 4 is 41.6 Å². The van der Waals surface area contributed by atoms with Gasteiger partial charge >= 0.3 is 12.0 Å². The van der Waals surface area contributed by atoms with Crippen molar-refractivity contribution < 1.29 is 33.9 Å². The van der Waals surface area contributed by atoms with Crippen molar-refractivity contribution in [3.63, 3.8) is 0 Å². The van der Waals surface area contributed by atoms with Crippen LogP contribution in [0.4, 0.5) is 4.79 Å². The average Bonchev–Trinajstić information content (AvgIpc) is 2.90. The van der Waals surface area contributed by atoms with Gasteiger partial charge in [0.05, 0.1) is 6.54 Å². The molecular formula is C25H37N9O7. The van der Waals surface area contributed by atoms with Crippen LogP contribution in [0.15, 0.2) is 35.3 Å². The van der Waals surface area contributed by atoms with E-state index < -0.39 is 72.8 Å². The second-order valence-corrected chi connectivity index (χ2v) is 9.66. The molecule has 1 aliphatic heterocycles. The number of guanidine groups is 1. The van der Waals surface area contributed by atoms with Gasteiger partial charge in [-0.15, -0.1) is 0 Å². The van der Waals surface area contributed by atoms with E-state index in [1.54, 1.807) is 44.2 Å². The quantitative estimate of drug-likeness (QED) is 0.0881. The van der Waals surface area contributed by atoms with Gasteiger partial charge in [0.2, 0.25) is 17.7 Å². The fraction of sp³-hybridized carbons (Fsp3) is 0.480. The topological polar surface area (TPSA) is 250 Å². The number of benzene rings is 1. The number of nitrogens with two attached hydrogens (primary N) is 2. The normalized spacial score (nSPS) is 20.9. The first-order valence-corrected chi connectivity index (χ1v) is 12.9. The van der Waals surface area contributed by atoms with Gasteiger partial charge in [-0.1, -0.05) is 44.2 Å². The Morgan fingerprint density at radius 3 is 2.29 bits per heavy atom. The van der Waals surface area contributed by atoms with Crippen LogP contribution < -0.4 is 38.2 Å². The maximum Gasteiger partial charge on any atom is 0.337 e. The van der Waals surface area contributed by atoms with E-state index in [1.165, 1.54) is 0 Å². The molecule has 16 heteroatoms. The van der Waals surface area contributed by atoms with Gasteiger partial charge in [-0.2, -0.15) is 0 Å². The number of aliphatic carboxylic acids is 1. The molecular weight excluding hydrogens is 538 g/mol. The van der Waals surface area contributed by atoms with Gasteiger partial charge in [-0.3, -0.25) is 34.4 Å². The summed E-state index contributed by atoms with van der Waals surface area (Å²) < 4.78 is 0. The maximum absolute atomic E-state index is 13.4. The Hall–Kier alpha value is -4.89. The number of hydrogen-bond donors (Lipinski definition) is 8. The fourth-order valence-electron chi connectivity index (χ4n) is 3.89. The Balaban J connectivity index is 2.43. The van der Waals surface area contributed by atoms with Crippen molar-refractivity contribution in [1.82, 2.24) is 31.7 Å². The van der Waals surface area contributed by atoms with E-state index >= 15 is 0 Å². The van der Waals surface area contributed by atoms with Gasteiger partial charge in [0.15, 0.2) is 5.96 Å². The molecule has 0 radical (unpaired) electrons. The molecule has 3 atom stereocenters. The van der Waals surface area contributed by atoms with Crippen LogP contribution in [0.1, 0.15) is 32.3 Å². The molecule has 1 aliphatic rings. The van der Waals surface area contributed by atoms with Crippen LogP contribution in [0.2, 0.25) is 0 Å². The number of carboxylic acids is 1. The number of nitrogens with zero attached hydrogens (tertiary/aromatic N) is 2. The predicted molar refractivity (Wildman–Crippen MR) is 147 cm³/mol. The third-order valence-electron chi connectivity index (χ3n) is 5.94. The second-order valence-electron chi connectivity index (χ2n) is 9.66. The zero-order chi connectivity index (χ0) is 30.5. The summed E-state index contributed by atoms with van der Waals surface area (Å²) in [6.07, 6.45) is 0.384. The van der Waals surface area contributed by atoms with E-state index in [0.29, 0.717) is 17.0 Å². The number of rotatable bonds is 9. The Kier molecular flexibility index (Phi) is 12.3. The number of hydrazine groups is 1. The standard InChI is InChI=1S/C25H37N9O7/c1-14(2)20-23(40)30-16(9-6-10-28-24(26)27)21(38)29-12-18(35)33-34(13-19(36)37)25(41)31-17(22(39)32-20)11-15-7-4-3-5-8-15/h3-5,7-8,14,16-17,20H,6,9-13H2,1-2H3,(H,29,38)(H,30,40)(H,31,41)(H,32,39)(H,33,35)(H,36,37)(H4,26,27,28)/t16-,17+,20+/m0/s1. The number of carbonyl (C=O) groups excluding carboxylic acids is 5. The number of aliphatic imine (C=N–C) groups is 1. The van der Waals surface area contributed by atoms with Gasteiger partial charge in [-0.05, 0) is 24.3 Å². The van der Waals surface area contributed by atoms with Crippen LogP contribution in [-0.2, 0) is 30.4 Å². The zero-order valence-electron chi connectivity index (χ0n) is 22.9. The average molecular weight is 576 g/mol. The highest BCUT2D eigenvalue weighted by Crippen LogP contribution is 2.09. The van der Waals surface area contributed by atoms with Gasteiger partial charge in [0, 0.05) is 13.0 Å². The molecule has 0 spiro atoms. The number of carbonyl (C=O) groups is 6. The Morgan fingerprint density at radius 2 is 1.68 bits per heavy atom. The minimum absolute atomic E-state index is 0.00678. The van der Waals surface area contributed by atoms with Crippen molar-refractivity contribution in [2.45, 2.75) is 51.2 Å². The molecule has 10 N–H and O–H groups in total. The van der Waals surface area contributed by atoms with Crippen LogP contribution in [0, 0.1) is 5.92 Å². The predicted octanol–water partition coefficient (Wildman–Crippen LogP) is -2.47. The minimum Gasteiger partial charge on any atom is -0.480 e. The van der Waals surface area contributed by atoms with Crippen molar-refractivity contribution in [1.29, 1.82) is 0 Å². The summed E-state index contributed by atoms with van der Waals surface area (Å²) >= 11 is 0. The van der Waals surface area contributed by atoms with E-state index in [1.807, 2.05) is 0 Å². The second kappa shape index (κ2) is 15.6. The molecule has 1 heterocycles. The summed E-state index contributed by atoms with van der Waals surface area (Å²) in [7, 11) is 0. The first kappa shape index (κ1) is 32.3. The van der Waals surface area contributed by atoms with Crippen LogP contribution in [0.3, 0.4) is 0 Å². The third-order valence-corrected chi connectivity index (χ3v) is 5.94. The van der Waals surface area contributed by atoms with Crippen molar-refractivity contribution in [2.75, 3.05) is 19.6 Å². The first-order valence-electron chi connectivity index (χ1n) is 12.9. The SMILES string of the molecule is CC(C)[C@H]1NC(=O)[C@@H](Cc2ccccc2)NC(=O)N(CC(=O)O)NC(=O)CNC(=O)[C@H](CCCN=C(N)N)NC1=O. The summed E-state index contributed by atoms with van der Waals surface area (Å²) in [6, 6.07) is 4.12. The summed E-state index contributed by atoms with van der Waals surface area (Å²) in [5.74, 6) is -5.05. The third kappa shape index (κ3) is 11.0. The number of hydrogen-bond acceptors (Lipinski definition) is 7. The van der Waals surface area contributed by atoms with E-state index in [4.69, 9.17) is 11.5 Å². The molecule has 0 aromatic heterocycles. The molecule has 0 unspecified atom stereocenters. The summed E-state index contributed by atoms with van der Waals surface area (Å²) in [5, 5.41) is 19.8. The largest absolute Gasteiger partial charge is 0.480 e. The number of nitrogens with one attached hydrogen (secondary N) is 5. The van der Waals surface area contributed by atoms with Crippen LogP contribution in [0.25, 0.3) is 0 Å². The summed E-state index contributed by atoms with van der Waals surface area (Å²) in [6.45, 7) is 1.98. The van der Waals surface area contributed by atoms with Crippen LogP contribution >= 0.6 is 0 Å². The Labute approximate surface area is 236 Å². The molecule has 0 aliphatic carbocycles. The molecule has 41 heavy (non-hydrogen) atoms. The van der Waals surface area contributed by atoms with Gasteiger partial charge in [0.25, 0.3) is 5.91 Å². The highest BCUT2D eigenvalue weighted by Gasteiger charge is 2.33. The first-order chi connectivity index (χ1) is 19.4. The van der Waals surface area contributed by atoms with Crippen LogP contribution in [0.5, 0.6) is 0 Å². The van der Waals surface area contributed by atoms with Gasteiger partial charge in [0.1, 0.15) is 24.7 Å². The minimum atomic E-state index is -1.44. The summed E-state index contributed by atoms with van der Waals surface area (Å²) in [5.41, 5.74) is 13.5. The maximum atomic E-state index is 13.4. The van der Waals surface area contributed by atoms with Gasteiger partial charge < -0.3 is 37.8 Å². The molecule has 2 rings (SSSR count). The monoisotopic (exact) mass is 575 g/mol. The highest BCUT2D eigenvalue weighted by molar-refractivity contribution is 5.96. The Bertz CT molecular complexity index is 1140. The number of urea groups is 1. The molecule has 224 valence electrons. The van der Waals surface area contributed by atoms with Crippen molar-refractivity contribution in [3.8, 4) is 0 Å². The molecule has 0 saturated carbocycles. The molecule has 1 aromatic carbocycles. The lowest BCUT2D eigenvalue weighted by Gasteiger charge is -2.28. The zero-order valence-corrected chi connectivity index (χ0v) is 22.9. The highest BCUT2D eigenvalue weighted by atomic mass is 16.4. The molecule has 1 saturated heterocycles. The van der Waals surface area contributed by atoms with E-state index in [-0.39, 0.29) is 25.3 Å². The number of amides is 6. The number of carboxylic acid groups (broad SMARTS) is 1. The van der Waals surface area contributed by atoms with Crippen molar-refractivity contribution in [3.05, 3.63) is 35.9 Å². The van der Waals surface area contributed by atoms with Crippen molar-refractivity contribution in [2.24, 2.45) is 22.4 Å². The smallest absolute Gasteiger partial charge is 0.337 e.